The summed E-state index contributed by atoms with van der Waals surface area (Å²) in [6.45, 7) is 4.60. The van der Waals surface area contributed by atoms with Crippen molar-refractivity contribution in [1.82, 2.24) is 15.0 Å². The van der Waals surface area contributed by atoms with Crippen molar-refractivity contribution < 1.29 is 0 Å². The standard InChI is InChI=1S/C50H40N4/c1-49(2)30-37-17-12-18-38(45(37)39-22-19-32(31-51)27-44(39)49)35-20-23-42-40(28-35)41-29-36(21-24-43(41)50(42)25-10-5-11-26-50)48-53-46(33-13-6-3-7-14-33)52-47(54-48)34-15-8-4-9-16-34/h3-4,6-9,12-24,27-29H,5,10-11,25-26,30H2,1-2H3. The molecule has 0 aliphatic heterocycles. The van der Waals surface area contributed by atoms with Crippen molar-refractivity contribution in [2.24, 2.45) is 0 Å². The maximum Gasteiger partial charge on any atom is 0.164 e. The molecule has 0 amide bonds. The largest absolute Gasteiger partial charge is 0.208 e. The molecule has 1 fully saturated rings. The summed E-state index contributed by atoms with van der Waals surface area (Å²) in [4.78, 5) is 15.2. The first-order chi connectivity index (χ1) is 26.4. The fraction of sp³-hybridized carbons (Fsp3) is 0.200. The fourth-order valence-electron chi connectivity index (χ4n) is 9.72. The minimum atomic E-state index is -0.0652. The third-order valence-electron chi connectivity index (χ3n) is 12.3. The van der Waals surface area contributed by atoms with E-state index >= 15 is 0 Å². The number of aromatic nitrogens is 3. The highest BCUT2D eigenvalue weighted by Crippen LogP contribution is 2.57. The van der Waals surface area contributed by atoms with E-state index in [4.69, 9.17) is 15.0 Å². The topological polar surface area (TPSA) is 62.5 Å². The highest BCUT2D eigenvalue weighted by Gasteiger charge is 2.44. The van der Waals surface area contributed by atoms with Crippen molar-refractivity contribution in [2.75, 3.05) is 0 Å². The molecule has 1 heterocycles. The van der Waals surface area contributed by atoms with Crippen molar-refractivity contribution in [2.45, 2.75) is 63.2 Å². The predicted octanol–water partition coefficient (Wildman–Crippen LogP) is 12.1. The molecule has 260 valence electrons. The highest BCUT2D eigenvalue weighted by molar-refractivity contribution is 5.93. The monoisotopic (exact) mass is 696 g/mol. The Morgan fingerprint density at radius 3 is 1.72 bits per heavy atom. The van der Waals surface area contributed by atoms with Crippen LogP contribution in [0.25, 0.3) is 67.5 Å². The molecular weight excluding hydrogens is 657 g/mol. The Kier molecular flexibility index (Phi) is 7.49. The summed E-state index contributed by atoms with van der Waals surface area (Å²) in [5.74, 6) is 2.03. The van der Waals surface area contributed by atoms with Crippen LogP contribution in [-0.2, 0) is 17.3 Å². The second-order valence-electron chi connectivity index (χ2n) is 16.0. The molecule has 54 heavy (non-hydrogen) atoms. The molecule has 6 aromatic carbocycles. The average Bonchev–Trinajstić information content (AvgIpc) is 3.48. The summed E-state index contributed by atoms with van der Waals surface area (Å²) < 4.78 is 0. The van der Waals surface area contributed by atoms with Crippen LogP contribution in [0.15, 0.2) is 133 Å². The summed E-state index contributed by atoms with van der Waals surface area (Å²) in [5, 5.41) is 9.77. The van der Waals surface area contributed by atoms with Gasteiger partial charge in [0.2, 0.25) is 0 Å². The van der Waals surface area contributed by atoms with Crippen LogP contribution in [-0.4, -0.2) is 15.0 Å². The molecule has 3 aliphatic rings. The Morgan fingerprint density at radius 1 is 0.500 bits per heavy atom. The Morgan fingerprint density at radius 2 is 1.09 bits per heavy atom. The van der Waals surface area contributed by atoms with Gasteiger partial charge >= 0.3 is 0 Å². The van der Waals surface area contributed by atoms with Crippen LogP contribution < -0.4 is 0 Å². The summed E-state index contributed by atoms with van der Waals surface area (Å²) in [6.07, 6.45) is 7.02. The van der Waals surface area contributed by atoms with Gasteiger partial charge in [0.05, 0.1) is 11.6 Å². The van der Waals surface area contributed by atoms with E-state index in [2.05, 4.69) is 111 Å². The molecule has 7 aromatic rings. The normalized spacial score (nSPS) is 15.8. The van der Waals surface area contributed by atoms with Crippen molar-refractivity contribution >= 4 is 0 Å². The lowest BCUT2D eigenvalue weighted by Crippen LogP contribution is -2.28. The van der Waals surface area contributed by atoms with E-state index in [-0.39, 0.29) is 10.8 Å². The lowest BCUT2D eigenvalue weighted by atomic mass is 9.67. The third-order valence-corrected chi connectivity index (χ3v) is 12.3. The van der Waals surface area contributed by atoms with Gasteiger partial charge in [-0.05, 0) is 105 Å². The molecule has 1 saturated carbocycles. The number of nitriles is 1. The molecule has 0 atom stereocenters. The van der Waals surface area contributed by atoms with Crippen LogP contribution in [0.4, 0.5) is 0 Å². The van der Waals surface area contributed by atoms with Crippen LogP contribution in [0.5, 0.6) is 0 Å². The maximum atomic E-state index is 9.77. The fourth-order valence-corrected chi connectivity index (χ4v) is 9.72. The van der Waals surface area contributed by atoms with Crippen molar-refractivity contribution in [3.8, 4) is 73.6 Å². The zero-order chi connectivity index (χ0) is 36.4. The average molecular weight is 697 g/mol. The van der Waals surface area contributed by atoms with Gasteiger partial charge in [0.15, 0.2) is 17.5 Å². The summed E-state index contributed by atoms with van der Waals surface area (Å²) in [5.41, 5.74) is 16.7. The zero-order valence-corrected chi connectivity index (χ0v) is 30.7. The molecule has 4 heteroatoms. The zero-order valence-electron chi connectivity index (χ0n) is 30.7. The Balaban J connectivity index is 1.15. The lowest BCUT2D eigenvalue weighted by Gasteiger charge is -2.36. The van der Waals surface area contributed by atoms with E-state index in [1.807, 2.05) is 42.5 Å². The summed E-state index contributed by atoms with van der Waals surface area (Å²) in [7, 11) is 0. The second kappa shape index (κ2) is 12.5. The number of rotatable bonds is 4. The van der Waals surface area contributed by atoms with E-state index in [0.717, 1.165) is 41.5 Å². The number of hydrogen-bond donors (Lipinski definition) is 0. The van der Waals surface area contributed by atoms with E-state index < -0.39 is 0 Å². The van der Waals surface area contributed by atoms with Crippen LogP contribution in [0, 0.1) is 11.3 Å². The van der Waals surface area contributed by atoms with Crippen LogP contribution >= 0.6 is 0 Å². The van der Waals surface area contributed by atoms with E-state index in [9.17, 15) is 5.26 Å². The molecule has 0 saturated heterocycles. The third kappa shape index (κ3) is 5.14. The Labute approximate surface area is 317 Å². The van der Waals surface area contributed by atoms with Gasteiger partial charge in [0.25, 0.3) is 0 Å². The van der Waals surface area contributed by atoms with E-state index in [1.165, 1.54) is 74.9 Å². The van der Waals surface area contributed by atoms with Crippen LogP contribution in [0.2, 0.25) is 0 Å². The molecule has 0 bridgehead atoms. The van der Waals surface area contributed by atoms with Gasteiger partial charge < -0.3 is 0 Å². The Hall–Kier alpha value is -6.18. The minimum Gasteiger partial charge on any atom is -0.208 e. The van der Waals surface area contributed by atoms with Gasteiger partial charge in [-0.2, -0.15) is 5.26 Å². The first kappa shape index (κ1) is 32.5. The van der Waals surface area contributed by atoms with Crippen LogP contribution in [0.1, 0.15) is 73.8 Å². The van der Waals surface area contributed by atoms with Gasteiger partial charge in [-0.1, -0.05) is 142 Å². The lowest BCUT2D eigenvalue weighted by molar-refractivity contribution is 0.353. The second-order valence-corrected chi connectivity index (χ2v) is 16.0. The van der Waals surface area contributed by atoms with E-state index in [0.29, 0.717) is 17.5 Å². The first-order valence-corrected chi connectivity index (χ1v) is 19.3. The SMILES string of the molecule is CC1(C)Cc2cccc(-c3ccc4c(c3)-c3cc(-c5nc(-c6ccccc6)nc(-c6ccccc6)n5)ccc3C43CCCCC3)c2-c2ccc(C#N)cc21. The van der Waals surface area contributed by atoms with Crippen molar-refractivity contribution in [3.63, 3.8) is 0 Å². The Bertz CT molecular complexity index is 2590. The molecule has 0 N–H and O–H groups in total. The maximum absolute atomic E-state index is 9.77. The number of nitrogens with zero attached hydrogens (tertiary/aromatic N) is 4. The number of benzene rings is 6. The van der Waals surface area contributed by atoms with Gasteiger partial charge in [-0.3, -0.25) is 0 Å². The molecule has 0 radical (unpaired) electrons. The van der Waals surface area contributed by atoms with E-state index in [1.54, 1.807) is 0 Å². The molecule has 0 unspecified atom stereocenters. The number of hydrogen-bond acceptors (Lipinski definition) is 4. The first-order valence-electron chi connectivity index (χ1n) is 19.3. The summed E-state index contributed by atoms with van der Waals surface area (Å²) >= 11 is 0. The van der Waals surface area contributed by atoms with Crippen molar-refractivity contribution in [3.05, 3.63) is 161 Å². The predicted molar refractivity (Wildman–Crippen MR) is 218 cm³/mol. The quantitative estimate of drug-likeness (QED) is 0.184. The van der Waals surface area contributed by atoms with Crippen molar-refractivity contribution in [1.29, 1.82) is 5.26 Å². The van der Waals surface area contributed by atoms with Gasteiger partial charge in [-0.25, -0.2) is 15.0 Å². The minimum absolute atomic E-state index is 0.0178. The molecular formula is C50H40N4. The van der Waals surface area contributed by atoms with Crippen LogP contribution in [0.3, 0.4) is 0 Å². The molecule has 1 spiro atoms. The van der Waals surface area contributed by atoms with Gasteiger partial charge in [0.1, 0.15) is 0 Å². The molecule has 3 aliphatic carbocycles. The van der Waals surface area contributed by atoms with Gasteiger partial charge in [-0.15, -0.1) is 0 Å². The molecule has 1 aromatic heterocycles. The summed E-state index contributed by atoms with van der Waals surface area (Å²) in [6, 6.07) is 50.0. The smallest absolute Gasteiger partial charge is 0.164 e. The molecule has 4 nitrogen and oxygen atoms in total. The van der Waals surface area contributed by atoms with Gasteiger partial charge in [0, 0.05) is 22.1 Å². The number of fused-ring (bicyclic) bond motifs is 8. The highest BCUT2D eigenvalue weighted by atomic mass is 15.0. The molecule has 10 rings (SSSR count).